The van der Waals surface area contributed by atoms with Gasteiger partial charge in [-0.25, -0.2) is 9.38 Å². The number of aliphatic imine (C=N–C) groups is 1. The molecule has 0 amide bonds. The Labute approximate surface area is 151 Å². The smallest absolute Gasteiger partial charge is 0.357 e. The Hall–Kier alpha value is -1.83. The second-order valence-corrected chi connectivity index (χ2v) is 6.62. The molecule has 146 valence electrons. The summed E-state index contributed by atoms with van der Waals surface area (Å²) in [5, 5.41) is 6.25. The molecule has 1 saturated heterocycles. The Kier molecular flexibility index (Phi) is 7.25. The van der Waals surface area contributed by atoms with Gasteiger partial charge in [0, 0.05) is 13.1 Å². The average molecular weight is 374 g/mol. The maximum Gasteiger partial charge on any atom is 0.416 e. The number of likely N-dealkylation sites (tertiary alicyclic amines) is 1. The standard InChI is InChI=1S/C18H26F4N4/c1-3-23-17(24-11-13-6-8-26(2)9-7-13)25-12-14-4-5-15(19)10-16(14)18(20,21)22/h4-5,10,13H,3,6-9,11-12H2,1-2H3,(H2,23,24,25). The molecule has 0 saturated carbocycles. The van der Waals surface area contributed by atoms with Gasteiger partial charge in [-0.05, 0) is 63.5 Å². The van der Waals surface area contributed by atoms with Crippen LogP contribution >= 0.6 is 0 Å². The molecule has 0 aliphatic carbocycles. The van der Waals surface area contributed by atoms with Crippen LogP contribution in [0.4, 0.5) is 17.6 Å². The number of benzene rings is 1. The summed E-state index contributed by atoms with van der Waals surface area (Å²) in [5.41, 5.74) is -1.03. The quantitative estimate of drug-likeness (QED) is 0.472. The minimum atomic E-state index is -4.60. The molecular formula is C18H26F4N4. The van der Waals surface area contributed by atoms with E-state index in [2.05, 4.69) is 27.6 Å². The van der Waals surface area contributed by atoms with Crippen LogP contribution in [0.3, 0.4) is 0 Å². The van der Waals surface area contributed by atoms with E-state index in [4.69, 9.17) is 0 Å². The monoisotopic (exact) mass is 374 g/mol. The molecular weight excluding hydrogens is 348 g/mol. The zero-order valence-corrected chi connectivity index (χ0v) is 15.2. The van der Waals surface area contributed by atoms with Crippen molar-refractivity contribution in [3.63, 3.8) is 0 Å². The zero-order chi connectivity index (χ0) is 19.2. The first kappa shape index (κ1) is 20.5. The molecule has 8 heteroatoms. The van der Waals surface area contributed by atoms with Crippen molar-refractivity contribution in [2.75, 3.05) is 33.2 Å². The molecule has 1 aliphatic rings. The Morgan fingerprint density at radius 2 is 1.92 bits per heavy atom. The lowest BCUT2D eigenvalue weighted by molar-refractivity contribution is -0.138. The van der Waals surface area contributed by atoms with Crippen LogP contribution in [-0.4, -0.2) is 44.1 Å². The summed E-state index contributed by atoms with van der Waals surface area (Å²) in [6.07, 6.45) is -2.44. The summed E-state index contributed by atoms with van der Waals surface area (Å²) in [5.74, 6) is 0.0906. The Morgan fingerprint density at radius 3 is 2.54 bits per heavy atom. The third-order valence-electron chi connectivity index (χ3n) is 4.53. The van der Waals surface area contributed by atoms with Crippen LogP contribution in [0.2, 0.25) is 0 Å². The predicted octanol–water partition coefficient (Wildman–Crippen LogP) is 3.24. The molecule has 0 radical (unpaired) electrons. The summed E-state index contributed by atoms with van der Waals surface area (Å²) < 4.78 is 52.4. The fraction of sp³-hybridized carbons (Fsp3) is 0.611. The first-order chi connectivity index (χ1) is 12.3. The molecule has 26 heavy (non-hydrogen) atoms. The number of guanidine groups is 1. The Bertz CT molecular complexity index is 608. The van der Waals surface area contributed by atoms with Crippen LogP contribution in [-0.2, 0) is 12.7 Å². The highest BCUT2D eigenvalue weighted by Crippen LogP contribution is 2.32. The summed E-state index contributed by atoms with van der Waals surface area (Å²) >= 11 is 0. The van der Waals surface area contributed by atoms with Crippen molar-refractivity contribution in [3.8, 4) is 0 Å². The predicted molar refractivity (Wildman–Crippen MR) is 94.4 cm³/mol. The van der Waals surface area contributed by atoms with Gasteiger partial charge in [0.05, 0.1) is 12.1 Å². The van der Waals surface area contributed by atoms with E-state index in [-0.39, 0.29) is 12.1 Å². The summed E-state index contributed by atoms with van der Waals surface area (Å²) in [7, 11) is 2.09. The van der Waals surface area contributed by atoms with Crippen molar-refractivity contribution in [2.24, 2.45) is 10.9 Å². The van der Waals surface area contributed by atoms with Gasteiger partial charge >= 0.3 is 6.18 Å². The van der Waals surface area contributed by atoms with Gasteiger partial charge in [0.2, 0.25) is 0 Å². The van der Waals surface area contributed by atoms with Gasteiger partial charge < -0.3 is 15.5 Å². The van der Waals surface area contributed by atoms with Gasteiger partial charge in [0.15, 0.2) is 5.96 Å². The number of hydrogen-bond donors (Lipinski definition) is 2. The van der Waals surface area contributed by atoms with E-state index in [0.717, 1.165) is 44.6 Å². The topological polar surface area (TPSA) is 39.7 Å². The molecule has 2 N–H and O–H groups in total. The first-order valence-corrected chi connectivity index (χ1v) is 8.86. The third-order valence-corrected chi connectivity index (χ3v) is 4.53. The number of hydrogen-bond acceptors (Lipinski definition) is 2. The highest BCUT2D eigenvalue weighted by Gasteiger charge is 2.33. The average Bonchev–Trinajstić information content (AvgIpc) is 2.58. The summed E-state index contributed by atoms with van der Waals surface area (Å²) in [6, 6.07) is 2.69. The highest BCUT2D eigenvalue weighted by atomic mass is 19.4. The van der Waals surface area contributed by atoms with E-state index < -0.39 is 17.6 Å². The Morgan fingerprint density at radius 1 is 1.23 bits per heavy atom. The fourth-order valence-corrected chi connectivity index (χ4v) is 2.96. The number of alkyl halides is 3. The number of piperidine rings is 1. The molecule has 1 aromatic carbocycles. The van der Waals surface area contributed by atoms with Crippen molar-refractivity contribution in [3.05, 3.63) is 35.1 Å². The van der Waals surface area contributed by atoms with Gasteiger partial charge in [-0.3, -0.25) is 0 Å². The maximum atomic E-state index is 13.2. The van der Waals surface area contributed by atoms with Crippen molar-refractivity contribution < 1.29 is 17.6 Å². The highest BCUT2D eigenvalue weighted by molar-refractivity contribution is 5.79. The molecule has 1 fully saturated rings. The summed E-state index contributed by atoms with van der Waals surface area (Å²) in [4.78, 5) is 6.53. The maximum absolute atomic E-state index is 13.2. The molecule has 0 spiro atoms. The third kappa shape index (κ3) is 6.16. The molecule has 1 aromatic rings. The van der Waals surface area contributed by atoms with E-state index in [9.17, 15) is 17.6 Å². The van der Waals surface area contributed by atoms with Crippen LogP contribution in [0.25, 0.3) is 0 Å². The van der Waals surface area contributed by atoms with E-state index >= 15 is 0 Å². The second kappa shape index (κ2) is 9.21. The van der Waals surface area contributed by atoms with Crippen molar-refractivity contribution >= 4 is 5.96 Å². The van der Waals surface area contributed by atoms with Crippen LogP contribution in [0.1, 0.15) is 30.9 Å². The molecule has 0 atom stereocenters. The lowest BCUT2D eigenvalue weighted by Gasteiger charge is -2.29. The number of nitrogens with one attached hydrogen (secondary N) is 2. The lowest BCUT2D eigenvalue weighted by Crippen LogP contribution is -2.42. The summed E-state index contributed by atoms with van der Waals surface area (Å²) in [6.45, 7) is 5.16. The fourth-order valence-electron chi connectivity index (χ4n) is 2.96. The minimum absolute atomic E-state index is 0.0459. The number of rotatable bonds is 5. The van der Waals surface area contributed by atoms with Crippen LogP contribution in [0, 0.1) is 11.7 Å². The van der Waals surface area contributed by atoms with E-state index in [1.165, 1.54) is 0 Å². The number of nitrogens with zero attached hydrogens (tertiary/aromatic N) is 2. The van der Waals surface area contributed by atoms with Crippen LogP contribution < -0.4 is 10.6 Å². The Balaban J connectivity index is 2.02. The van der Waals surface area contributed by atoms with E-state index in [0.29, 0.717) is 24.5 Å². The van der Waals surface area contributed by atoms with Crippen LogP contribution in [0.5, 0.6) is 0 Å². The minimum Gasteiger partial charge on any atom is -0.357 e. The molecule has 2 rings (SSSR count). The molecule has 0 aromatic heterocycles. The zero-order valence-electron chi connectivity index (χ0n) is 15.2. The molecule has 0 bridgehead atoms. The van der Waals surface area contributed by atoms with Crippen molar-refractivity contribution in [1.29, 1.82) is 0 Å². The molecule has 0 unspecified atom stereocenters. The largest absolute Gasteiger partial charge is 0.416 e. The lowest BCUT2D eigenvalue weighted by atomic mass is 9.97. The molecule has 4 nitrogen and oxygen atoms in total. The second-order valence-electron chi connectivity index (χ2n) is 6.62. The SMILES string of the molecule is CCNC(=NCc1ccc(F)cc1C(F)(F)F)NCC1CCN(C)CC1. The normalized spacial score (nSPS) is 17.4. The van der Waals surface area contributed by atoms with Gasteiger partial charge in [-0.1, -0.05) is 6.07 Å². The van der Waals surface area contributed by atoms with Gasteiger partial charge in [-0.2, -0.15) is 13.2 Å². The molecule has 1 heterocycles. The number of halogens is 4. The van der Waals surface area contributed by atoms with Crippen molar-refractivity contribution in [1.82, 2.24) is 15.5 Å². The van der Waals surface area contributed by atoms with Crippen LogP contribution in [0.15, 0.2) is 23.2 Å². The van der Waals surface area contributed by atoms with E-state index in [1.54, 1.807) is 0 Å². The van der Waals surface area contributed by atoms with E-state index in [1.807, 2.05) is 6.92 Å². The van der Waals surface area contributed by atoms with Gasteiger partial charge in [0.25, 0.3) is 0 Å². The molecule has 1 aliphatic heterocycles. The van der Waals surface area contributed by atoms with Crippen molar-refractivity contribution in [2.45, 2.75) is 32.5 Å². The van der Waals surface area contributed by atoms with Gasteiger partial charge in [-0.15, -0.1) is 0 Å². The van der Waals surface area contributed by atoms with Gasteiger partial charge in [0.1, 0.15) is 5.82 Å². The first-order valence-electron chi connectivity index (χ1n) is 8.86.